The molecule has 0 N–H and O–H groups in total. The van der Waals surface area contributed by atoms with E-state index in [4.69, 9.17) is 9.47 Å². The average molecular weight is 366 g/mol. The number of carbonyl (C=O) groups is 1. The summed E-state index contributed by atoms with van der Waals surface area (Å²) in [5.41, 5.74) is 1.26. The van der Waals surface area contributed by atoms with Crippen molar-refractivity contribution in [2.45, 2.75) is 17.6 Å². The molecule has 2 aliphatic rings. The first-order chi connectivity index (χ1) is 12.6. The van der Waals surface area contributed by atoms with Crippen LogP contribution in [0.15, 0.2) is 57.8 Å². The first kappa shape index (κ1) is 15.4. The zero-order chi connectivity index (χ0) is 17.7. The highest BCUT2D eigenvalue weighted by molar-refractivity contribution is 7.99. The van der Waals surface area contributed by atoms with Gasteiger partial charge in [-0.25, -0.2) is 4.98 Å². The maximum atomic E-state index is 13.1. The molecule has 3 heterocycles. The number of nitrogens with zero attached hydrogens (tertiary/aromatic N) is 4. The summed E-state index contributed by atoms with van der Waals surface area (Å²) < 4.78 is 12.3. The summed E-state index contributed by atoms with van der Waals surface area (Å²) in [6.07, 6.45) is 0. The molecule has 1 unspecified atom stereocenters. The number of azo groups is 1. The van der Waals surface area contributed by atoms with E-state index < -0.39 is 5.54 Å². The number of para-hydroxylation sites is 2. The third kappa shape index (κ3) is 2.29. The number of imidazole rings is 1. The Hall–Kier alpha value is -2.87. The summed E-state index contributed by atoms with van der Waals surface area (Å²) in [5, 5.41) is 9.38. The Morgan fingerprint density at radius 3 is 2.96 bits per heavy atom. The second-order valence-electron chi connectivity index (χ2n) is 6.32. The molecule has 0 saturated heterocycles. The lowest BCUT2D eigenvalue weighted by molar-refractivity contribution is 0.0816. The van der Waals surface area contributed by atoms with Crippen LogP contribution >= 0.6 is 11.8 Å². The van der Waals surface area contributed by atoms with Gasteiger partial charge in [-0.3, -0.25) is 9.36 Å². The van der Waals surface area contributed by atoms with Gasteiger partial charge in [0.25, 0.3) is 5.91 Å². The highest BCUT2D eigenvalue weighted by atomic mass is 32.2. The van der Waals surface area contributed by atoms with E-state index in [0.29, 0.717) is 28.1 Å². The highest BCUT2D eigenvalue weighted by Gasteiger charge is 2.41. The molecule has 2 aliphatic heterocycles. The number of fused-ring (bicyclic) bond motifs is 4. The number of benzene rings is 2. The van der Waals surface area contributed by atoms with Crippen molar-refractivity contribution in [2.24, 2.45) is 10.2 Å². The number of hydrogen-bond acceptors (Lipinski definition) is 7. The van der Waals surface area contributed by atoms with Crippen molar-refractivity contribution in [3.05, 3.63) is 42.5 Å². The van der Waals surface area contributed by atoms with Crippen LogP contribution in [0.3, 0.4) is 0 Å². The van der Waals surface area contributed by atoms with Gasteiger partial charge in [0.2, 0.25) is 6.79 Å². The molecule has 7 nitrogen and oxygen atoms in total. The number of thioether (sulfide) groups is 1. The van der Waals surface area contributed by atoms with E-state index in [1.165, 1.54) is 11.8 Å². The number of carbonyl (C=O) groups excluding carboxylic acids is 1. The summed E-state index contributed by atoms with van der Waals surface area (Å²) >= 11 is 1.51. The lowest BCUT2D eigenvalue weighted by Crippen LogP contribution is -2.42. The van der Waals surface area contributed by atoms with Gasteiger partial charge in [-0.1, -0.05) is 23.9 Å². The molecular formula is C18H14N4O3S. The molecule has 0 bridgehead atoms. The quantitative estimate of drug-likeness (QED) is 0.639. The van der Waals surface area contributed by atoms with Gasteiger partial charge in [-0.15, -0.1) is 0 Å². The summed E-state index contributed by atoms with van der Waals surface area (Å²) in [7, 11) is 0. The predicted molar refractivity (Wildman–Crippen MR) is 96.6 cm³/mol. The molecule has 0 saturated carbocycles. The molecule has 0 fully saturated rings. The highest BCUT2D eigenvalue weighted by Crippen LogP contribution is 2.38. The van der Waals surface area contributed by atoms with Crippen LogP contribution in [0.4, 0.5) is 5.69 Å². The molecule has 0 aliphatic carbocycles. The van der Waals surface area contributed by atoms with Crippen LogP contribution in [0.1, 0.15) is 11.7 Å². The first-order valence-corrected chi connectivity index (χ1v) is 9.10. The van der Waals surface area contributed by atoms with Gasteiger partial charge in [-0.2, -0.15) is 10.2 Å². The lowest BCUT2D eigenvalue weighted by atomic mass is 10.1. The fourth-order valence-electron chi connectivity index (χ4n) is 2.99. The second kappa shape index (κ2) is 5.57. The SMILES string of the molecule is CC1(N=Nc2ccc3c(c2)OCO3)CSc2nc3ccccc3n2C1=O. The fraction of sp³-hybridized carbons (Fsp3) is 0.222. The predicted octanol–water partition coefficient (Wildman–Crippen LogP) is 4.05. The molecule has 8 heteroatoms. The topological polar surface area (TPSA) is 78.1 Å². The van der Waals surface area contributed by atoms with Crippen molar-refractivity contribution in [1.29, 1.82) is 0 Å². The van der Waals surface area contributed by atoms with E-state index in [-0.39, 0.29) is 12.7 Å². The zero-order valence-electron chi connectivity index (χ0n) is 13.9. The Morgan fingerprint density at radius 2 is 2.04 bits per heavy atom. The van der Waals surface area contributed by atoms with E-state index in [0.717, 1.165) is 11.0 Å². The lowest BCUT2D eigenvalue weighted by Gasteiger charge is -2.27. The average Bonchev–Trinajstić information content (AvgIpc) is 3.27. The number of rotatable bonds is 2. The van der Waals surface area contributed by atoms with Gasteiger partial charge in [0, 0.05) is 11.8 Å². The van der Waals surface area contributed by atoms with Crippen molar-refractivity contribution in [3.63, 3.8) is 0 Å². The van der Waals surface area contributed by atoms with E-state index in [9.17, 15) is 4.79 Å². The van der Waals surface area contributed by atoms with E-state index in [1.807, 2.05) is 24.3 Å². The Morgan fingerprint density at radius 1 is 1.19 bits per heavy atom. The molecule has 1 atom stereocenters. The molecule has 130 valence electrons. The monoisotopic (exact) mass is 366 g/mol. The zero-order valence-corrected chi connectivity index (χ0v) is 14.7. The minimum atomic E-state index is -0.961. The number of ether oxygens (including phenoxy) is 2. The van der Waals surface area contributed by atoms with Gasteiger partial charge in [0.1, 0.15) is 0 Å². The van der Waals surface area contributed by atoms with Gasteiger partial charge in [-0.05, 0) is 31.2 Å². The van der Waals surface area contributed by atoms with Gasteiger partial charge < -0.3 is 9.47 Å². The minimum Gasteiger partial charge on any atom is -0.454 e. The van der Waals surface area contributed by atoms with Crippen LogP contribution in [0.2, 0.25) is 0 Å². The third-order valence-electron chi connectivity index (χ3n) is 4.42. The molecular weight excluding hydrogens is 352 g/mol. The summed E-state index contributed by atoms with van der Waals surface area (Å²) in [6.45, 7) is 2.01. The van der Waals surface area contributed by atoms with Crippen LogP contribution in [-0.4, -0.2) is 33.5 Å². The van der Waals surface area contributed by atoms with Gasteiger partial charge in [0.05, 0.1) is 16.7 Å². The molecule has 0 amide bonds. The normalized spacial score (nSPS) is 21.5. The number of aromatic nitrogens is 2. The van der Waals surface area contributed by atoms with Crippen molar-refractivity contribution in [2.75, 3.05) is 12.5 Å². The van der Waals surface area contributed by atoms with Gasteiger partial charge >= 0.3 is 0 Å². The van der Waals surface area contributed by atoms with E-state index in [1.54, 1.807) is 29.7 Å². The second-order valence-corrected chi connectivity index (χ2v) is 7.27. The van der Waals surface area contributed by atoms with Crippen LogP contribution < -0.4 is 9.47 Å². The summed E-state index contributed by atoms with van der Waals surface area (Å²) in [5.74, 6) is 1.70. The molecule has 0 radical (unpaired) electrons. The Balaban J connectivity index is 1.50. The number of hydrogen-bond donors (Lipinski definition) is 0. The standard InChI is InChI=1S/C18H14N4O3S/c1-18(21-20-11-6-7-14-15(8-11)25-10-24-14)9-26-17-19-12-4-2-3-5-13(12)22(17)16(18)23/h2-8H,9-10H2,1H3. The fourth-order valence-corrected chi connectivity index (χ4v) is 4.06. The Kier molecular flexibility index (Phi) is 3.30. The van der Waals surface area contributed by atoms with Crippen molar-refractivity contribution < 1.29 is 14.3 Å². The van der Waals surface area contributed by atoms with E-state index in [2.05, 4.69) is 15.2 Å². The van der Waals surface area contributed by atoms with Crippen LogP contribution in [0.25, 0.3) is 11.0 Å². The van der Waals surface area contributed by atoms with Crippen molar-refractivity contribution >= 4 is 34.4 Å². The summed E-state index contributed by atoms with van der Waals surface area (Å²) in [6, 6.07) is 12.9. The first-order valence-electron chi connectivity index (χ1n) is 8.12. The maximum absolute atomic E-state index is 13.1. The Bertz CT molecular complexity index is 1080. The molecule has 3 aromatic rings. The molecule has 0 spiro atoms. The van der Waals surface area contributed by atoms with Crippen LogP contribution in [-0.2, 0) is 0 Å². The van der Waals surface area contributed by atoms with Crippen LogP contribution in [0, 0.1) is 0 Å². The Labute approximate surface area is 153 Å². The maximum Gasteiger partial charge on any atom is 0.263 e. The van der Waals surface area contributed by atoms with Crippen LogP contribution in [0.5, 0.6) is 11.5 Å². The minimum absolute atomic E-state index is 0.121. The molecule has 2 aromatic carbocycles. The molecule has 1 aromatic heterocycles. The third-order valence-corrected chi connectivity index (χ3v) is 5.66. The molecule has 5 rings (SSSR count). The largest absolute Gasteiger partial charge is 0.454 e. The van der Waals surface area contributed by atoms with E-state index >= 15 is 0 Å². The molecule has 26 heavy (non-hydrogen) atoms. The van der Waals surface area contributed by atoms with Gasteiger partial charge in [0.15, 0.2) is 22.2 Å². The summed E-state index contributed by atoms with van der Waals surface area (Å²) in [4.78, 5) is 17.7. The van der Waals surface area contributed by atoms with Crippen molar-refractivity contribution in [1.82, 2.24) is 9.55 Å². The smallest absolute Gasteiger partial charge is 0.263 e. The van der Waals surface area contributed by atoms with Crippen molar-refractivity contribution in [3.8, 4) is 11.5 Å².